The highest BCUT2D eigenvalue weighted by Gasteiger charge is 2.39. The van der Waals surface area contributed by atoms with Crippen molar-refractivity contribution in [1.29, 1.82) is 0 Å². The summed E-state index contributed by atoms with van der Waals surface area (Å²) >= 11 is 0. The lowest BCUT2D eigenvalue weighted by Gasteiger charge is -2.48. The normalized spacial score (nSPS) is 18.7. The van der Waals surface area contributed by atoms with Crippen LogP contribution in [0.15, 0.2) is 82.4 Å². The van der Waals surface area contributed by atoms with E-state index < -0.39 is 5.60 Å². The summed E-state index contributed by atoms with van der Waals surface area (Å²) in [6.45, 7) is 14.5. The summed E-state index contributed by atoms with van der Waals surface area (Å²) in [5.41, 5.74) is 3.86. The van der Waals surface area contributed by atoms with Crippen LogP contribution in [0.4, 0.5) is 5.69 Å². The topological polar surface area (TPSA) is 99.6 Å². The molecule has 0 amide bonds. The molecule has 2 N–H and O–H groups in total. The number of fused-ring (bicyclic) bond motifs is 1. The van der Waals surface area contributed by atoms with Gasteiger partial charge >= 0.3 is 0 Å². The zero-order valence-electron chi connectivity index (χ0n) is 21.6. The van der Waals surface area contributed by atoms with Crippen molar-refractivity contribution in [3.05, 3.63) is 73.0 Å². The standard InChI is InChI=1S/C28H31N7O2/c1-17-13-20(7-10-24(17)37-21-8-9-23-22(14-21)31-16-34(23)6)33-27-26(18(2)29-15-30-27)32-19(3)35-12-11-25(35)28(4,5)36/h7-10,13-16,25,36H,2-3,11-12H2,1,4-6H3,(H,29,30,33)/t25-/m0/s1. The lowest BCUT2D eigenvalue weighted by Crippen LogP contribution is -2.57. The fourth-order valence-electron chi connectivity index (χ4n) is 4.53. The summed E-state index contributed by atoms with van der Waals surface area (Å²) in [7, 11) is 1.97. The molecule has 2 aromatic carbocycles. The highest BCUT2D eigenvalue weighted by atomic mass is 16.5. The molecule has 5 rings (SSSR count). The molecule has 1 saturated heterocycles. The number of aryl methyl sites for hydroxylation is 2. The fraction of sp³-hybridized carbons (Fsp3) is 0.286. The Morgan fingerprint density at radius 2 is 2.05 bits per heavy atom. The van der Waals surface area contributed by atoms with Crippen LogP contribution in [0, 0.1) is 6.92 Å². The molecule has 0 saturated carbocycles. The molecule has 2 aliphatic rings. The molecular formula is C28H31N7O2. The van der Waals surface area contributed by atoms with E-state index in [1.165, 1.54) is 6.34 Å². The molecule has 1 aromatic heterocycles. The number of nitrogens with one attached hydrogen (secondary N) is 1. The van der Waals surface area contributed by atoms with Gasteiger partial charge in [-0.2, -0.15) is 0 Å². The second kappa shape index (κ2) is 9.33. The number of aromatic nitrogens is 2. The molecule has 9 nitrogen and oxygen atoms in total. The molecular weight excluding hydrogens is 466 g/mol. The van der Waals surface area contributed by atoms with Gasteiger partial charge in [0.25, 0.3) is 0 Å². The molecule has 0 aliphatic carbocycles. The lowest BCUT2D eigenvalue weighted by molar-refractivity contribution is -0.0535. The van der Waals surface area contributed by atoms with Crippen LogP contribution in [0.1, 0.15) is 25.8 Å². The zero-order chi connectivity index (χ0) is 26.3. The first-order chi connectivity index (χ1) is 17.6. The zero-order valence-corrected chi connectivity index (χ0v) is 21.6. The van der Waals surface area contributed by atoms with E-state index in [0.717, 1.165) is 46.7 Å². The lowest BCUT2D eigenvalue weighted by atomic mass is 9.88. The molecule has 3 heterocycles. The Hall–Kier alpha value is -4.24. The van der Waals surface area contributed by atoms with Gasteiger partial charge in [0.05, 0.1) is 34.7 Å². The van der Waals surface area contributed by atoms with E-state index in [1.807, 2.05) is 59.8 Å². The van der Waals surface area contributed by atoms with Gasteiger partial charge in [0.2, 0.25) is 0 Å². The summed E-state index contributed by atoms with van der Waals surface area (Å²) in [5, 5.41) is 13.8. The highest BCUT2D eigenvalue weighted by molar-refractivity contribution is 6.52. The maximum Gasteiger partial charge on any atom is 0.160 e. The first-order valence-electron chi connectivity index (χ1n) is 12.1. The number of nitrogens with zero attached hydrogens (tertiary/aromatic N) is 6. The Morgan fingerprint density at radius 1 is 1.24 bits per heavy atom. The maximum absolute atomic E-state index is 10.4. The first kappa shape index (κ1) is 24.5. The van der Waals surface area contributed by atoms with Gasteiger partial charge in [-0.05, 0) is 63.1 Å². The minimum Gasteiger partial charge on any atom is -0.457 e. The number of ether oxygens (including phenoxy) is 1. The van der Waals surface area contributed by atoms with Crippen LogP contribution in [0.25, 0.3) is 11.0 Å². The molecule has 1 atom stereocenters. The average molecular weight is 498 g/mol. The van der Waals surface area contributed by atoms with Gasteiger partial charge < -0.3 is 24.6 Å². The van der Waals surface area contributed by atoms with E-state index in [4.69, 9.17) is 9.73 Å². The Bertz CT molecular complexity index is 1490. The van der Waals surface area contributed by atoms with Crippen LogP contribution in [0.3, 0.4) is 0 Å². The number of hydrogen-bond acceptors (Lipinski definition) is 8. The van der Waals surface area contributed by atoms with Crippen LogP contribution >= 0.6 is 0 Å². The number of rotatable bonds is 6. The molecule has 190 valence electrons. The van der Waals surface area contributed by atoms with Gasteiger partial charge in [0.15, 0.2) is 5.84 Å². The summed E-state index contributed by atoms with van der Waals surface area (Å²) in [5.74, 6) is 2.54. The molecule has 9 heteroatoms. The number of aliphatic imine (C=N–C) groups is 3. The van der Waals surface area contributed by atoms with E-state index in [0.29, 0.717) is 23.1 Å². The quantitative estimate of drug-likeness (QED) is 0.510. The van der Waals surface area contributed by atoms with Crippen molar-refractivity contribution in [3.8, 4) is 11.5 Å². The first-order valence-corrected chi connectivity index (χ1v) is 12.1. The van der Waals surface area contributed by atoms with E-state index in [2.05, 4.69) is 33.4 Å². The second-order valence-corrected chi connectivity index (χ2v) is 9.91. The number of likely N-dealkylation sites (tertiary alicyclic amines) is 1. The third-order valence-electron chi connectivity index (χ3n) is 6.67. The van der Waals surface area contributed by atoms with E-state index in [9.17, 15) is 5.11 Å². The van der Waals surface area contributed by atoms with Crippen molar-refractivity contribution in [2.24, 2.45) is 22.0 Å². The van der Waals surface area contributed by atoms with E-state index in [-0.39, 0.29) is 6.04 Å². The van der Waals surface area contributed by atoms with Gasteiger partial charge in [-0.1, -0.05) is 13.2 Å². The average Bonchev–Trinajstić information content (AvgIpc) is 3.16. The molecule has 37 heavy (non-hydrogen) atoms. The fourth-order valence-corrected chi connectivity index (χ4v) is 4.53. The number of anilines is 1. The predicted octanol–water partition coefficient (Wildman–Crippen LogP) is 4.80. The van der Waals surface area contributed by atoms with Crippen molar-refractivity contribution in [3.63, 3.8) is 0 Å². The van der Waals surface area contributed by atoms with Gasteiger partial charge in [-0.25, -0.2) is 20.0 Å². The molecule has 1 fully saturated rings. The summed E-state index contributed by atoms with van der Waals surface area (Å²) in [6.07, 6.45) is 4.12. The number of benzene rings is 2. The third-order valence-corrected chi connectivity index (χ3v) is 6.67. The van der Waals surface area contributed by atoms with Crippen LogP contribution in [0.5, 0.6) is 11.5 Å². The second-order valence-electron chi connectivity index (χ2n) is 9.91. The molecule has 0 unspecified atom stereocenters. The van der Waals surface area contributed by atoms with Crippen molar-refractivity contribution >= 4 is 34.6 Å². The predicted molar refractivity (Wildman–Crippen MR) is 149 cm³/mol. The maximum atomic E-state index is 10.4. The van der Waals surface area contributed by atoms with Crippen molar-refractivity contribution in [2.45, 2.75) is 38.8 Å². The number of amidine groups is 1. The Morgan fingerprint density at radius 3 is 2.76 bits per heavy atom. The summed E-state index contributed by atoms with van der Waals surface area (Å²) < 4.78 is 8.11. The number of hydrogen-bond donors (Lipinski definition) is 2. The van der Waals surface area contributed by atoms with Gasteiger partial charge in [0.1, 0.15) is 29.4 Å². The molecule has 0 radical (unpaired) electrons. The smallest absolute Gasteiger partial charge is 0.160 e. The van der Waals surface area contributed by atoms with E-state index >= 15 is 0 Å². The van der Waals surface area contributed by atoms with Gasteiger partial charge in [-0.15, -0.1) is 0 Å². The van der Waals surface area contributed by atoms with Crippen LogP contribution in [-0.4, -0.2) is 55.6 Å². The Kier molecular flexibility index (Phi) is 6.16. The Balaban J connectivity index is 1.32. The van der Waals surface area contributed by atoms with Crippen molar-refractivity contribution < 1.29 is 9.84 Å². The van der Waals surface area contributed by atoms with Crippen molar-refractivity contribution in [2.75, 3.05) is 11.9 Å². The molecule has 0 bridgehead atoms. The van der Waals surface area contributed by atoms with Crippen LogP contribution < -0.4 is 10.1 Å². The van der Waals surface area contributed by atoms with Gasteiger partial charge in [0, 0.05) is 25.3 Å². The highest BCUT2D eigenvalue weighted by Crippen LogP contribution is 2.32. The van der Waals surface area contributed by atoms with Crippen LogP contribution in [0.2, 0.25) is 0 Å². The summed E-state index contributed by atoms with van der Waals surface area (Å²) in [6, 6.07) is 11.6. The largest absolute Gasteiger partial charge is 0.457 e. The Labute approximate surface area is 216 Å². The van der Waals surface area contributed by atoms with Crippen LogP contribution in [-0.2, 0) is 7.05 Å². The summed E-state index contributed by atoms with van der Waals surface area (Å²) in [4.78, 5) is 19.7. The SMILES string of the molecule is C=C1N=CN=C(Nc2ccc(Oc3ccc4c(c3)ncn4C)c(C)c2)C1=NC(=C)N1CC[C@H]1C(C)(C)O. The molecule has 0 spiro atoms. The third kappa shape index (κ3) is 4.90. The van der Waals surface area contributed by atoms with Gasteiger partial charge in [-0.3, -0.25) is 0 Å². The van der Waals surface area contributed by atoms with E-state index in [1.54, 1.807) is 20.2 Å². The minimum atomic E-state index is -0.844. The molecule has 3 aromatic rings. The molecule has 2 aliphatic heterocycles. The van der Waals surface area contributed by atoms with Crippen molar-refractivity contribution in [1.82, 2.24) is 14.5 Å². The minimum absolute atomic E-state index is 0.0355. The number of imidazole rings is 1. The monoisotopic (exact) mass is 497 g/mol. The number of aliphatic hydroxyl groups is 1.